The van der Waals surface area contributed by atoms with Crippen LogP contribution in [0.5, 0.6) is 0 Å². The van der Waals surface area contributed by atoms with Gasteiger partial charge in [0, 0.05) is 6.54 Å². The molecule has 2 aromatic rings. The maximum Gasteiger partial charge on any atom is 0.261 e. The second kappa shape index (κ2) is 8.16. The van der Waals surface area contributed by atoms with Crippen molar-refractivity contribution in [1.82, 2.24) is 5.32 Å². The Labute approximate surface area is 149 Å². The third-order valence-corrected chi connectivity index (χ3v) is 5.19. The van der Waals surface area contributed by atoms with E-state index in [1.807, 2.05) is 20.8 Å². The standard InChI is InChI=1S/C19H24N2O3S/c1-4-13-20-19(22)17-7-5-6-8-18(17)21-25(23,24)16-11-9-15(10-12-16)14(2)3/h5-12,14,21H,4,13H2,1-3H3,(H,20,22). The van der Waals surface area contributed by atoms with E-state index >= 15 is 0 Å². The lowest BCUT2D eigenvalue weighted by molar-refractivity contribution is 0.0954. The van der Waals surface area contributed by atoms with Crippen LogP contribution in [0.4, 0.5) is 5.69 Å². The molecule has 0 aliphatic rings. The van der Waals surface area contributed by atoms with Crippen molar-refractivity contribution in [1.29, 1.82) is 0 Å². The highest BCUT2D eigenvalue weighted by molar-refractivity contribution is 7.92. The number of sulfonamides is 1. The summed E-state index contributed by atoms with van der Waals surface area (Å²) in [7, 11) is -3.76. The Morgan fingerprint density at radius 3 is 2.28 bits per heavy atom. The first kappa shape index (κ1) is 19.0. The molecule has 0 aromatic heterocycles. The molecular weight excluding hydrogens is 336 g/mol. The highest BCUT2D eigenvalue weighted by atomic mass is 32.2. The molecule has 0 saturated heterocycles. The summed E-state index contributed by atoms with van der Waals surface area (Å²) in [5, 5.41) is 2.76. The Morgan fingerprint density at radius 2 is 1.68 bits per heavy atom. The summed E-state index contributed by atoms with van der Waals surface area (Å²) in [6.07, 6.45) is 0.807. The van der Waals surface area contributed by atoms with Crippen molar-refractivity contribution in [3.8, 4) is 0 Å². The molecule has 0 atom stereocenters. The number of anilines is 1. The SMILES string of the molecule is CCCNC(=O)c1ccccc1NS(=O)(=O)c1ccc(C(C)C)cc1. The number of hydrogen-bond donors (Lipinski definition) is 2. The summed E-state index contributed by atoms with van der Waals surface area (Å²) < 4.78 is 27.8. The molecule has 134 valence electrons. The predicted molar refractivity (Wildman–Crippen MR) is 100 cm³/mol. The van der Waals surface area contributed by atoms with Gasteiger partial charge in [0.25, 0.3) is 15.9 Å². The fourth-order valence-corrected chi connectivity index (χ4v) is 3.42. The Kier molecular flexibility index (Phi) is 6.20. The van der Waals surface area contributed by atoms with E-state index in [1.54, 1.807) is 48.5 Å². The predicted octanol–water partition coefficient (Wildman–Crippen LogP) is 3.75. The lowest BCUT2D eigenvalue weighted by atomic mass is 10.0. The molecule has 0 heterocycles. The lowest BCUT2D eigenvalue weighted by Gasteiger charge is -2.13. The minimum absolute atomic E-state index is 0.167. The van der Waals surface area contributed by atoms with Crippen LogP contribution in [-0.4, -0.2) is 20.9 Å². The molecule has 5 nitrogen and oxygen atoms in total. The minimum atomic E-state index is -3.76. The fraction of sp³-hybridized carbons (Fsp3) is 0.316. The van der Waals surface area contributed by atoms with Crippen LogP contribution in [0.3, 0.4) is 0 Å². The summed E-state index contributed by atoms with van der Waals surface area (Å²) >= 11 is 0. The van der Waals surface area contributed by atoms with E-state index in [2.05, 4.69) is 10.0 Å². The zero-order valence-corrected chi connectivity index (χ0v) is 15.6. The van der Waals surface area contributed by atoms with Gasteiger partial charge in [0.1, 0.15) is 0 Å². The van der Waals surface area contributed by atoms with Crippen molar-refractivity contribution in [3.05, 3.63) is 59.7 Å². The first-order valence-electron chi connectivity index (χ1n) is 8.35. The number of carbonyl (C=O) groups is 1. The first-order valence-corrected chi connectivity index (χ1v) is 9.83. The summed E-state index contributed by atoms with van der Waals surface area (Å²) in [5.74, 6) is 0.0306. The molecule has 0 radical (unpaired) electrons. The van der Waals surface area contributed by atoms with Crippen molar-refractivity contribution >= 4 is 21.6 Å². The van der Waals surface area contributed by atoms with Crippen molar-refractivity contribution in [2.75, 3.05) is 11.3 Å². The molecule has 0 saturated carbocycles. The van der Waals surface area contributed by atoms with Gasteiger partial charge in [-0.1, -0.05) is 45.0 Å². The Morgan fingerprint density at radius 1 is 1.04 bits per heavy atom. The minimum Gasteiger partial charge on any atom is -0.352 e. The van der Waals surface area contributed by atoms with Crippen LogP contribution in [0.25, 0.3) is 0 Å². The van der Waals surface area contributed by atoms with Gasteiger partial charge in [0.15, 0.2) is 0 Å². The Hall–Kier alpha value is -2.34. The molecule has 0 spiro atoms. The Balaban J connectivity index is 2.27. The van der Waals surface area contributed by atoms with E-state index in [9.17, 15) is 13.2 Å². The average molecular weight is 360 g/mol. The topological polar surface area (TPSA) is 75.3 Å². The van der Waals surface area contributed by atoms with Crippen LogP contribution in [0, 0.1) is 0 Å². The molecule has 2 aromatic carbocycles. The van der Waals surface area contributed by atoms with Gasteiger partial charge >= 0.3 is 0 Å². The number of amides is 1. The first-order chi connectivity index (χ1) is 11.8. The second-order valence-electron chi connectivity index (χ2n) is 6.13. The van der Waals surface area contributed by atoms with E-state index < -0.39 is 10.0 Å². The number of carbonyl (C=O) groups excluding carboxylic acids is 1. The smallest absolute Gasteiger partial charge is 0.261 e. The van der Waals surface area contributed by atoms with E-state index in [-0.39, 0.29) is 16.5 Å². The molecule has 1 amide bonds. The fourth-order valence-electron chi connectivity index (χ4n) is 2.34. The average Bonchev–Trinajstić information content (AvgIpc) is 2.60. The molecule has 6 heteroatoms. The van der Waals surface area contributed by atoms with Crippen LogP contribution < -0.4 is 10.0 Å². The summed E-state index contributed by atoms with van der Waals surface area (Å²) in [5.41, 5.74) is 1.64. The lowest BCUT2D eigenvalue weighted by Crippen LogP contribution is -2.25. The third-order valence-electron chi connectivity index (χ3n) is 3.81. The zero-order chi connectivity index (χ0) is 18.4. The van der Waals surface area contributed by atoms with Crippen LogP contribution >= 0.6 is 0 Å². The second-order valence-corrected chi connectivity index (χ2v) is 7.81. The number of hydrogen-bond acceptors (Lipinski definition) is 3. The van der Waals surface area contributed by atoms with E-state index in [4.69, 9.17) is 0 Å². The van der Waals surface area contributed by atoms with Gasteiger partial charge in [-0.2, -0.15) is 0 Å². The molecule has 0 unspecified atom stereocenters. The number of nitrogens with one attached hydrogen (secondary N) is 2. The molecule has 25 heavy (non-hydrogen) atoms. The molecule has 2 rings (SSSR count). The van der Waals surface area contributed by atoms with Crippen LogP contribution in [0.2, 0.25) is 0 Å². The quantitative estimate of drug-likeness (QED) is 0.789. The maximum atomic E-state index is 12.6. The molecular formula is C19H24N2O3S. The van der Waals surface area contributed by atoms with E-state index in [0.29, 0.717) is 18.0 Å². The van der Waals surface area contributed by atoms with Gasteiger partial charge in [-0.15, -0.1) is 0 Å². The van der Waals surface area contributed by atoms with Crippen LogP contribution in [0.1, 0.15) is 49.0 Å². The molecule has 0 fully saturated rings. The van der Waals surface area contributed by atoms with Gasteiger partial charge in [0.2, 0.25) is 0 Å². The van der Waals surface area contributed by atoms with Crippen molar-refractivity contribution in [2.45, 2.75) is 38.0 Å². The number of benzene rings is 2. The van der Waals surface area contributed by atoms with Gasteiger partial charge in [-0.25, -0.2) is 8.42 Å². The van der Waals surface area contributed by atoms with Gasteiger partial charge in [-0.3, -0.25) is 9.52 Å². The highest BCUT2D eigenvalue weighted by Gasteiger charge is 2.18. The van der Waals surface area contributed by atoms with Gasteiger partial charge < -0.3 is 5.32 Å². The van der Waals surface area contributed by atoms with E-state index in [0.717, 1.165) is 12.0 Å². The molecule has 2 N–H and O–H groups in total. The highest BCUT2D eigenvalue weighted by Crippen LogP contribution is 2.22. The van der Waals surface area contributed by atoms with Crippen LogP contribution in [-0.2, 0) is 10.0 Å². The maximum absolute atomic E-state index is 12.6. The van der Waals surface area contributed by atoms with Crippen molar-refractivity contribution in [2.24, 2.45) is 0 Å². The normalized spacial score (nSPS) is 11.4. The third kappa shape index (κ3) is 4.82. The monoisotopic (exact) mass is 360 g/mol. The molecule has 0 aliphatic heterocycles. The Bertz CT molecular complexity index is 828. The van der Waals surface area contributed by atoms with Crippen molar-refractivity contribution in [3.63, 3.8) is 0 Å². The van der Waals surface area contributed by atoms with Crippen molar-refractivity contribution < 1.29 is 13.2 Å². The van der Waals surface area contributed by atoms with Gasteiger partial charge in [0.05, 0.1) is 16.1 Å². The van der Waals surface area contributed by atoms with Gasteiger partial charge in [-0.05, 0) is 42.2 Å². The number of para-hydroxylation sites is 1. The zero-order valence-electron chi connectivity index (χ0n) is 14.7. The number of rotatable bonds is 7. The largest absolute Gasteiger partial charge is 0.352 e. The molecule has 0 aliphatic carbocycles. The molecule has 0 bridgehead atoms. The summed E-state index contributed by atoms with van der Waals surface area (Å²) in [6, 6.07) is 13.4. The van der Waals surface area contributed by atoms with E-state index in [1.165, 1.54) is 0 Å². The summed E-state index contributed by atoms with van der Waals surface area (Å²) in [6.45, 7) is 6.59. The van der Waals surface area contributed by atoms with Crippen LogP contribution in [0.15, 0.2) is 53.4 Å². The summed E-state index contributed by atoms with van der Waals surface area (Å²) in [4.78, 5) is 12.4.